The lowest BCUT2D eigenvalue weighted by molar-refractivity contribution is 0.108. The number of halogens is 3. The van der Waals surface area contributed by atoms with Gasteiger partial charge in [-0.2, -0.15) is 4.39 Å². The maximum absolute atomic E-state index is 12.0. The van der Waals surface area contributed by atoms with Gasteiger partial charge in [0.2, 0.25) is 5.95 Å². The van der Waals surface area contributed by atoms with E-state index in [2.05, 4.69) is 4.98 Å². The maximum Gasteiger partial charge on any atom is 0.212 e. The molecule has 0 radical (unpaired) electrons. The zero-order chi connectivity index (χ0) is 7.98. The summed E-state index contributed by atoms with van der Waals surface area (Å²) in [6.45, 7) is 1.87. The highest BCUT2D eigenvalue weighted by Gasteiger charge is 1.85. The maximum atomic E-state index is 12.0. The van der Waals surface area contributed by atoms with Crippen LogP contribution in [0.1, 0.15) is 5.56 Å². The summed E-state index contributed by atoms with van der Waals surface area (Å²) in [6.07, 6.45) is 1.50. The molecule has 1 aromatic rings. The third kappa shape index (κ3) is 3.06. The van der Waals surface area contributed by atoms with Crippen LogP contribution in [0, 0.1) is 12.9 Å². The predicted molar refractivity (Wildman–Crippen MR) is 31.1 cm³/mol. The SMILES string of the molecule is Cc1ccc(F)nc1.FF. The first-order valence-electron chi connectivity index (χ1n) is 2.51. The number of aryl methyl sites for hydroxylation is 1. The second-order valence-electron chi connectivity index (χ2n) is 1.66. The molecule has 0 spiro atoms. The largest absolute Gasteiger partial charge is 0.228 e. The molecule has 0 bridgehead atoms. The van der Waals surface area contributed by atoms with Crippen molar-refractivity contribution in [3.05, 3.63) is 29.8 Å². The Morgan fingerprint density at radius 3 is 2.20 bits per heavy atom. The van der Waals surface area contributed by atoms with Crippen LogP contribution in [0.5, 0.6) is 0 Å². The molecule has 1 heterocycles. The highest BCUT2D eigenvalue weighted by atomic mass is 20.0. The molecule has 0 aliphatic rings. The molecular weight excluding hydrogens is 143 g/mol. The van der Waals surface area contributed by atoms with Crippen molar-refractivity contribution in [2.24, 2.45) is 0 Å². The molecule has 4 heteroatoms. The lowest BCUT2D eigenvalue weighted by atomic mass is 10.3. The molecule has 1 rings (SSSR count). The number of nitrogens with zero attached hydrogens (tertiary/aromatic N) is 1. The molecule has 0 N–H and O–H groups in total. The Labute approximate surface area is 56.4 Å². The quantitative estimate of drug-likeness (QED) is 0.516. The van der Waals surface area contributed by atoms with Crippen LogP contribution in [0.2, 0.25) is 0 Å². The number of rotatable bonds is 0. The molecular formula is C6H6F3N. The van der Waals surface area contributed by atoms with E-state index in [-0.39, 0.29) is 0 Å². The van der Waals surface area contributed by atoms with E-state index in [9.17, 15) is 4.39 Å². The summed E-state index contributed by atoms with van der Waals surface area (Å²) in [5.74, 6) is -0.421. The van der Waals surface area contributed by atoms with E-state index in [0.717, 1.165) is 5.56 Å². The summed E-state index contributed by atoms with van der Waals surface area (Å²) >= 11 is 0. The van der Waals surface area contributed by atoms with E-state index in [1.54, 1.807) is 6.07 Å². The average molecular weight is 149 g/mol. The first-order valence-corrected chi connectivity index (χ1v) is 2.51. The number of pyridine rings is 1. The van der Waals surface area contributed by atoms with Gasteiger partial charge in [-0.1, -0.05) is 6.07 Å². The monoisotopic (exact) mass is 149 g/mol. The van der Waals surface area contributed by atoms with Crippen molar-refractivity contribution in [3.8, 4) is 0 Å². The Hall–Kier alpha value is -1.06. The van der Waals surface area contributed by atoms with Crippen molar-refractivity contribution in [1.82, 2.24) is 4.98 Å². The number of aromatic nitrogens is 1. The average Bonchev–Trinajstić information content (AvgIpc) is 2.00. The molecule has 1 aromatic heterocycles. The highest BCUT2D eigenvalue weighted by Crippen LogP contribution is 1.94. The van der Waals surface area contributed by atoms with Crippen LogP contribution in [0.25, 0.3) is 0 Å². The molecule has 56 valence electrons. The molecule has 0 saturated heterocycles. The zero-order valence-electron chi connectivity index (χ0n) is 5.31. The van der Waals surface area contributed by atoms with Crippen LogP contribution in [0.4, 0.5) is 13.5 Å². The zero-order valence-corrected chi connectivity index (χ0v) is 5.31. The van der Waals surface area contributed by atoms with Crippen LogP contribution < -0.4 is 0 Å². The van der Waals surface area contributed by atoms with Crippen molar-refractivity contribution in [3.63, 3.8) is 0 Å². The summed E-state index contributed by atoms with van der Waals surface area (Å²) in [5.41, 5.74) is 0.978. The van der Waals surface area contributed by atoms with Gasteiger partial charge in [0, 0.05) is 15.3 Å². The van der Waals surface area contributed by atoms with Crippen molar-refractivity contribution >= 4 is 0 Å². The van der Waals surface area contributed by atoms with E-state index in [0.29, 0.717) is 0 Å². The third-order valence-corrected chi connectivity index (χ3v) is 0.875. The molecule has 0 aromatic carbocycles. The second kappa shape index (κ2) is 4.78. The third-order valence-electron chi connectivity index (χ3n) is 0.875. The molecule has 0 atom stereocenters. The van der Waals surface area contributed by atoms with Crippen LogP contribution >= 0.6 is 0 Å². The molecule has 0 unspecified atom stereocenters. The lowest BCUT2D eigenvalue weighted by Crippen LogP contribution is -1.79. The van der Waals surface area contributed by atoms with E-state index >= 15 is 0 Å². The minimum atomic E-state index is -0.421. The fourth-order valence-corrected chi connectivity index (χ4v) is 0.450. The Morgan fingerprint density at radius 1 is 1.30 bits per heavy atom. The van der Waals surface area contributed by atoms with Crippen LogP contribution in [0.3, 0.4) is 0 Å². The van der Waals surface area contributed by atoms with Crippen molar-refractivity contribution in [2.75, 3.05) is 0 Å². The molecule has 0 aliphatic heterocycles. The van der Waals surface area contributed by atoms with E-state index in [4.69, 9.17) is 9.15 Å². The van der Waals surface area contributed by atoms with Gasteiger partial charge in [0.1, 0.15) is 0 Å². The van der Waals surface area contributed by atoms with Gasteiger partial charge in [-0.05, 0) is 18.6 Å². The number of hydrogen-bond acceptors (Lipinski definition) is 1. The first-order chi connectivity index (χ1) is 4.79. The van der Waals surface area contributed by atoms with Crippen LogP contribution in [-0.4, -0.2) is 4.98 Å². The standard InChI is InChI=1S/C6H6FN.F2/c1-5-2-3-6(7)8-4-5;1-2/h2-4H,1H3;. The van der Waals surface area contributed by atoms with Crippen molar-refractivity contribution in [2.45, 2.75) is 6.92 Å². The van der Waals surface area contributed by atoms with E-state index in [1.165, 1.54) is 12.3 Å². The molecule has 0 fully saturated rings. The molecule has 0 aliphatic carbocycles. The van der Waals surface area contributed by atoms with Gasteiger partial charge in [-0.3, -0.25) is 0 Å². The smallest absolute Gasteiger partial charge is 0.212 e. The minimum Gasteiger partial charge on any atom is -0.228 e. The Morgan fingerprint density at radius 2 is 1.90 bits per heavy atom. The van der Waals surface area contributed by atoms with Gasteiger partial charge in [0.25, 0.3) is 0 Å². The van der Waals surface area contributed by atoms with Crippen LogP contribution in [0.15, 0.2) is 18.3 Å². The Kier molecular flexibility index (Phi) is 4.28. The fraction of sp³-hybridized carbons (Fsp3) is 0.167. The van der Waals surface area contributed by atoms with Gasteiger partial charge in [-0.15, -0.1) is 0 Å². The normalized spacial score (nSPS) is 8.00. The lowest BCUT2D eigenvalue weighted by Gasteiger charge is -1.86. The van der Waals surface area contributed by atoms with E-state index < -0.39 is 5.95 Å². The second-order valence-corrected chi connectivity index (χ2v) is 1.66. The summed E-state index contributed by atoms with van der Waals surface area (Å²) < 4.78 is 28.0. The predicted octanol–water partition coefficient (Wildman–Crippen LogP) is 2.37. The molecule has 0 amide bonds. The topological polar surface area (TPSA) is 12.9 Å². The molecule has 1 nitrogen and oxygen atoms in total. The first kappa shape index (κ1) is 8.94. The summed E-state index contributed by atoms with van der Waals surface area (Å²) in [7, 11) is 0. The molecule has 10 heavy (non-hydrogen) atoms. The van der Waals surface area contributed by atoms with Gasteiger partial charge < -0.3 is 0 Å². The van der Waals surface area contributed by atoms with E-state index in [1.807, 2.05) is 6.92 Å². The number of hydrogen-bond donors (Lipinski definition) is 0. The van der Waals surface area contributed by atoms with Gasteiger partial charge in [-0.25, -0.2) is 4.98 Å². The van der Waals surface area contributed by atoms with Gasteiger partial charge in [0.05, 0.1) is 0 Å². The Bertz CT molecular complexity index is 152. The van der Waals surface area contributed by atoms with Crippen molar-refractivity contribution in [1.29, 1.82) is 0 Å². The molecule has 0 saturated carbocycles. The van der Waals surface area contributed by atoms with Gasteiger partial charge in [0.15, 0.2) is 0 Å². The summed E-state index contributed by atoms with van der Waals surface area (Å²) in [4.78, 5) is 3.41. The summed E-state index contributed by atoms with van der Waals surface area (Å²) in [6, 6.07) is 3.03. The van der Waals surface area contributed by atoms with Gasteiger partial charge >= 0.3 is 0 Å². The van der Waals surface area contributed by atoms with Crippen molar-refractivity contribution < 1.29 is 13.5 Å². The minimum absolute atomic E-state index is 0.421. The van der Waals surface area contributed by atoms with Crippen LogP contribution in [-0.2, 0) is 0 Å². The fourth-order valence-electron chi connectivity index (χ4n) is 0.450. The Balaban J connectivity index is 0.000000371. The summed E-state index contributed by atoms with van der Waals surface area (Å²) in [5, 5.41) is 0. The highest BCUT2D eigenvalue weighted by molar-refractivity contribution is 5.05.